The molecule has 1 atom stereocenters. The quantitative estimate of drug-likeness (QED) is 0.874. The van der Waals surface area contributed by atoms with Gasteiger partial charge >= 0.3 is 0 Å². The van der Waals surface area contributed by atoms with E-state index < -0.39 is 5.82 Å². The molecule has 5 heteroatoms. The Morgan fingerprint density at radius 1 is 1.24 bits per heavy atom. The first-order chi connectivity index (χ1) is 10.1. The average Bonchev–Trinajstić information content (AvgIpc) is 2.50. The van der Waals surface area contributed by atoms with Gasteiger partial charge in [0.25, 0.3) is 0 Å². The summed E-state index contributed by atoms with van der Waals surface area (Å²) >= 11 is 3.09. The maximum Gasteiger partial charge on any atom is 0.241 e. The molecule has 1 heterocycles. The van der Waals surface area contributed by atoms with Crippen LogP contribution in [0.2, 0.25) is 0 Å². The fourth-order valence-corrected chi connectivity index (χ4v) is 2.69. The van der Waals surface area contributed by atoms with Crippen molar-refractivity contribution in [3.63, 3.8) is 0 Å². The zero-order chi connectivity index (χ0) is 14.8. The maximum atomic E-state index is 13.5. The van der Waals surface area contributed by atoms with Crippen molar-refractivity contribution >= 4 is 27.5 Å². The van der Waals surface area contributed by atoms with Crippen LogP contribution in [-0.4, -0.2) is 11.9 Å². The van der Waals surface area contributed by atoms with E-state index in [0.29, 0.717) is 23.1 Å². The Hall–Kier alpha value is -1.72. The standard InChI is InChI=1S/C16H14BrFN2O/c17-13-6-5-12(8-14(13)18)20-16(21)15-7-10-3-1-2-4-11(10)9-19-15/h1-6,8,15,19H,7,9H2,(H,20,21)/t15-/m0/s1. The fraction of sp³-hybridized carbons (Fsp3) is 0.188. The lowest BCUT2D eigenvalue weighted by Crippen LogP contribution is -2.44. The third-order valence-corrected chi connectivity index (χ3v) is 4.23. The fourth-order valence-electron chi connectivity index (χ4n) is 2.44. The Kier molecular flexibility index (Phi) is 4.03. The second kappa shape index (κ2) is 5.95. The van der Waals surface area contributed by atoms with Crippen LogP contribution in [0.15, 0.2) is 46.9 Å². The molecule has 1 aliphatic heterocycles. The summed E-state index contributed by atoms with van der Waals surface area (Å²) in [5, 5.41) is 5.95. The highest BCUT2D eigenvalue weighted by molar-refractivity contribution is 9.10. The number of hydrogen-bond donors (Lipinski definition) is 2. The molecular formula is C16H14BrFN2O. The maximum absolute atomic E-state index is 13.5. The van der Waals surface area contributed by atoms with Crippen LogP contribution in [0.25, 0.3) is 0 Å². The van der Waals surface area contributed by atoms with Crippen molar-refractivity contribution in [3.05, 3.63) is 63.9 Å². The molecule has 0 bridgehead atoms. The molecule has 2 aromatic carbocycles. The predicted molar refractivity (Wildman–Crippen MR) is 83.5 cm³/mol. The molecule has 0 aromatic heterocycles. The smallest absolute Gasteiger partial charge is 0.241 e. The molecule has 0 fully saturated rings. The second-order valence-corrected chi connectivity index (χ2v) is 5.88. The number of fused-ring (bicyclic) bond motifs is 1. The van der Waals surface area contributed by atoms with E-state index in [-0.39, 0.29) is 11.9 Å². The molecule has 2 N–H and O–H groups in total. The molecule has 0 spiro atoms. The van der Waals surface area contributed by atoms with Gasteiger partial charge in [-0.05, 0) is 51.7 Å². The lowest BCUT2D eigenvalue weighted by Gasteiger charge is -2.25. The summed E-state index contributed by atoms with van der Waals surface area (Å²) in [7, 11) is 0. The predicted octanol–water partition coefficient (Wildman–Crippen LogP) is 3.24. The van der Waals surface area contributed by atoms with Gasteiger partial charge in [-0.3, -0.25) is 4.79 Å². The Bertz CT molecular complexity index is 690. The minimum atomic E-state index is -0.394. The summed E-state index contributed by atoms with van der Waals surface area (Å²) in [6, 6.07) is 12.3. The highest BCUT2D eigenvalue weighted by Gasteiger charge is 2.23. The highest BCUT2D eigenvalue weighted by atomic mass is 79.9. The zero-order valence-corrected chi connectivity index (χ0v) is 12.8. The number of halogens is 2. The van der Waals surface area contributed by atoms with Crippen LogP contribution in [0.4, 0.5) is 10.1 Å². The first-order valence-corrected chi connectivity index (χ1v) is 7.49. The molecule has 1 amide bonds. The molecule has 0 saturated heterocycles. The Morgan fingerprint density at radius 3 is 2.76 bits per heavy atom. The van der Waals surface area contributed by atoms with Gasteiger partial charge in [-0.25, -0.2) is 4.39 Å². The molecule has 0 radical (unpaired) electrons. The van der Waals surface area contributed by atoms with E-state index in [1.54, 1.807) is 12.1 Å². The van der Waals surface area contributed by atoms with E-state index in [9.17, 15) is 9.18 Å². The number of carbonyl (C=O) groups is 1. The molecule has 1 aliphatic rings. The summed E-state index contributed by atoms with van der Waals surface area (Å²) in [6.07, 6.45) is 0.640. The SMILES string of the molecule is O=C(Nc1ccc(Br)c(F)c1)[C@@H]1Cc2ccccc2CN1. The van der Waals surface area contributed by atoms with Gasteiger partial charge in [0.2, 0.25) is 5.91 Å². The van der Waals surface area contributed by atoms with Crippen LogP contribution in [0.3, 0.4) is 0 Å². The van der Waals surface area contributed by atoms with Gasteiger partial charge in [0, 0.05) is 12.2 Å². The highest BCUT2D eigenvalue weighted by Crippen LogP contribution is 2.21. The summed E-state index contributed by atoms with van der Waals surface area (Å²) < 4.78 is 13.8. The number of hydrogen-bond acceptors (Lipinski definition) is 2. The van der Waals surface area contributed by atoms with E-state index in [2.05, 4.69) is 32.6 Å². The van der Waals surface area contributed by atoms with Gasteiger partial charge < -0.3 is 10.6 Å². The third-order valence-electron chi connectivity index (χ3n) is 3.58. The zero-order valence-electron chi connectivity index (χ0n) is 11.2. The minimum Gasteiger partial charge on any atom is -0.325 e. The van der Waals surface area contributed by atoms with Gasteiger partial charge in [-0.1, -0.05) is 24.3 Å². The van der Waals surface area contributed by atoms with Crippen molar-refractivity contribution < 1.29 is 9.18 Å². The van der Waals surface area contributed by atoms with Crippen molar-refractivity contribution in [1.82, 2.24) is 5.32 Å². The van der Waals surface area contributed by atoms with E-state index in [4.69, 9.17) is 0 Å². The number of amides is 1. The van der Waals surface area contributed by atoms with Gasteiger partial charge in [-0.2, -0.15) is 0 Å². The van der Waals surface area contributed by atoms with E-state index in [1.165, 1.54) is 17.2 Å². The summed E-state index contributed by atoms with van der Waals surface area (Å²) in [6.45, 7) is 0.670. The van der Waals surface area contributed by atoms with Crippen molar-refractivity contribution in [1.29, 1.82) is 0 Å². The van der Waals surface area contributed by atoms with E-state index >= 15 is 0 Å². The normalized spacial score (nSPS) is 17.1. The lowest BCUT2D eigenvalue weighted by molar-refractivity contribution is -0.118. The number of nitrogens with one attached hydrogen (secondary N) is 2. The van der Waals surface area contributed by atoms with Crippen LogP contribution < -0.4 is 10.6 Å². The van der Waals surface area contributed by atoms with Gasteiger partial charge in [0.05, 0.1) is 10.5 Å². The molecule has 21 heavy (non-hydrogen) atoms. The Labute approximate surface area is 130 Å². The van der Waals surface area contributed by atoms with E-state index in [0.717, 1.165) is 0 Å². The van der Waals surface area contributed by atoms with Crippen LogP contribution in [0.5, 0.6) is 0 Å². The van der Waals surface area contributed by atoms with Crippen molar-refractivity contribution in [2.45, 2.75) is 19.0 Å². The van der Waals surface area contributed by atoms with Crippen molar-refractivity contribution in [2.24, 2.45) is 0 Å². The van der Waals surface area contributed by atoms with Crippen LogP contribution in [0.1, 0.15) is 11.1 Å². The van der Waals surface area contributed by atoms with Crippen LogP contribution in [0, 0.1) is 5.82 Å². The first-order valence-electron chi connectivity index (χ1n) is 6.69. The van der Waals surface area contributed by atoms with Gasteiger partial charge in [0.15, 0.2) is 0 Å². The molecule has 2 aromatic rings. The van der Waals surface area contributed by atoms with Crippen LogP contribution in [-0.2, 0) is 17.8 Å². The lowest BCUT2D eigenvalue weighted by atomic mass is 9.95. The van der Waals surface area contributed by atoms with Gasteiger partial charge in [-0.15, -0.1) is 0 Å². The first kappa shape index (κ1) is 14.2. The third kappa shape index (κ3) is 3.14. The number of rotatable bonds is 2. The largest absolute Gasteiger partial charge is 0.325 e. The second-order valence-electron chi connectivity index (χ2n) is 5.02. The molecule has 0 aliphatic carbocycles. The number of carbonyl (C=O) groups excluding carboxylic acids is 1. The minimum absolute atomic E-state index is 0.147. The Balaban J connectivity index is 1.70. The summed E-state index contributed by atoms with van der Waals surface area (Å²) in [5.41, 5.74) is 2.86. The number of anilines is 1. The topological polar surface area (TPSA) is 41.1 Å². The Morgan fingerprint density at radius 2 is 2.00 bits per heavy atom. The van der Waals surface area contributed by atoms with Gasteiger partial charge in [0.1, 0.15) is 5.82 Å². The molecule has 3 nitrogen and oxygen atoms in total. The number of benzene rings is 2. The molecule has 3 rings (SSSR count). The molecule has 108 valence electrons. The van der Waals surface area contributed by atoms with Crippen molar-refractivity contribution in [3.8, 4) is 0 Å². The summed E-state index contributed by atoms with van der Waals surface area (Å²) in [5.74, 6) is -0.541. The summed E-state index contributed by atoms with van der Waals surface area (Å²) in [4.78, 5) is 12.3. The van der Waals surface area contributed by atoms with Crippen LogP contribution >= 0.6 is 15.9 Å². The molecule has 0 unspecified atom stereocenters. The van der Waals surface area contributed by atoms with Crippen molar-refractivity contribution in [2.75, 3.05) is 5.32 Å². The average molecular weight is 349 g/mol. The van der Waals surface area contributed by atoms with E-state index in [1.807, 2.05) is 18.2 Å². The molecule has 0 saturated carbocycles. The monoisotopic (exact) mass is 348 g/mol. The molecular weight excluding hydrogens is 335 g/mol.